The lowest BCUT2D eigenvalue weighted by Gasteiger charge is -2.22. The number of sulfonamides is 1. The van der Waals surface area contributed by atoms with Gasteiger partial charge in [0.2, 0.25) is 10.0 Å². The predicted molar refractivity (Wildman–Crippen MR) is 79.5 cm³/mol. The summed E-state index contributed by atoms with van der Waals surface area (Å²) in [4.78, 5) is 0. The molecular formula is C14H24N2O2S. The fourth-order valence-corrected chi connectivity index (χ4v) is 3.10. The SMILES string of the molecule is CCCNCC(C)S(=O)(=O)N(C)Cc1ccccc1. The van der Waals surface area contributed by atoms with Gasteiger partial charge in [0.25, 0.3) is 0 Å². The highest BCUT2D eigenvalue weighted by Crippen LogP contribution is 2.11. The molecule has 0 bridgehead atoms. The van der Waals surface area contributed by atoms with E-state index in [1.165, 1.54) is 4.31 Å². The van der Waals surface area contributed by atoms with Gasteiger partial charge in [-0.05, 0) is 25.5 Å². The molecule has 19 heavy (non-hydrogen) atoms. The van der Waals surface area contributed by atoms with Crippen LogP contribution in [0.1, 0.15) is 25.8 Å². The Balaban J connectivity index is 2.60. The lowest BCUT2D eigenvalue weighted by Crippen LogP contribution is -2.40. The van der Waals surface area contributed by atoms with Crippen molar-refractivity contribution in [3.63, 3.8) is 0 Å². The van der Waals surface area contributed by atoms with E-state index >= 15 is 0 Å². The first-order valence-electron chi connectivity index (χ1n) is 6.68. The van der Waals surface area contributed by atoms with Gasteiger partial charge in [0.1, 0.15) is 0 Å². The first-order valence-corrected chi connectivity index (χ1v) is 8.18. The molecule has 0 amide bonds. The van der Waals surface area contributed by atoms with Gasteiger partial charge in [-0.3, -0.25) is 0 Å². The average Bonchev–Trinajstić information content (AvgIpc) is 2.40. The van der Waals surface area contributed by atoms with E-state index in [2.05, 4.69) is 12.2 Å². The molecule has 1 atom stereocenters. The van der Waals surface area contributed by atoms with Crippen molar-refractivity contribution >= 4 is 10.0 Å². The third kappa shape index (κ3) is 4.93. The zero-order valence-electron chi connectivity index (χ0n) is 12.0. The molecule has 1 N–H and O–H groups in total. The maximum atomic E-state index is 12.3. The Morgan fingerprint density at radius 1 is 1.26 bits per heavy atom. The first-order chi connectivity index (χ1) is 8.98. The van der Waals surface area contributed by atoms with Crippen LogP contribution in [0, 0.1) is 0 Å². The van der Waals surface area contributed by atoms with Crippen molar-refractivity contribution < 1.29 is 8.42 Å². The summed E-state index contributed by atoms with van der Waals surface area (Å²) < 4.78 is 26.1. The van der Waals surface area contributed by atoms with Crippen LogP contribution in [0.5, 0.6) is 0 Å². The molecule has 0 aliphatic rings. The zero-order chi connectivity index (χ0) is 14.3. The monoisotopic (exact) mass is 284 g/mol. The molecule has 0 saturated heterocycles. The molecule has 0 saturated carbocycles. The molecule has 1 aromatic carbocycles. The number of rotatable bonds is 8. The van der Waals surface area contributed by atoms with Crippen LogP contribution in [0.3, 0.4) is 0 Å². The normalized spacial score (nSPS) is 13.7. The molecule has 0 aliphatic carbocycles. The molecule has 0 heterocycles. The third-order valence-corrected chi connectivity index (χ3v) is 5.23. The van der Waals surface area contributed by atoms with Crippen molar-refractivity contribution in [1.82, 2.24) is 9.62 Å². The largest absolute Gasteiger partial charge is 0.315 e. The number of nitrogens with one attached hydrogen (secondary N) is 1. The van der Waals surface area contributed by atoms with E-state index in [0.717, 1.165) is 18.5 Å². The molecule has 0 spiro atoms. The van der Waals surface area contributed by atoms with Crippen LogP contribution in [0.25, 0.3) is 0 Å². The summed E-state index contributed by atoms with van der Waals surface area (Å²) in [5.74, 6) is 0. The Kier molecular flexibility index (Phi) is 6.48. The van der Waals surface area contributed by atoms with Crippen LogP contribution in [0.15, 0.2) is 30.3 Å². The van der Waals surface area contributed by atoms with E-state index in [0.29, 0.717) is 13.1 Å². The third-order valence-electron chi connectivity index (χ3n) is 3.05. The summed E-state index contributed by atoms with van der Waals surface area (Å²) >= 11 is 0. The second kappa shape index (κ2) is 7.62. The van der Waals surface area contributed by atoms with Crippen LogP contribution in [-0.4, -0.2) is 38.1 Å². The molecule has 1 rings (SSSR count). The number of hydrogen-bond donors (Lipinski definition) is 1. The number of nitrogens with zero attached hydrogens (tertiary/aromatic N) is 1. The average molecular weight is 284 g/mol. The van der Waals surface area contributed by atoms with E-state index < -0.39 is 15.3 Å². The zero-order valence-corrected chi connectivity index (χ0v) is 12.8. The van der Waals surface area contributed by atoms with Crippen LogP contribution in [-0.2, 0) is 16.6 Å². The van der Waals surface area contributed by atoms with Gasteiger partial charge in [-0.25, -0.2) is 12.7 Å². The quantitative estimate of drug-likeness (QED) is 0.741. The van der Waals surface area contributed by atoms with Gasteiger partial charge < -0.3 is 5.32 Å². The number of hydrogen-bond acceptors (Lipinski definition) is 3. The molecule has 108 valence electrons. The van der Waals surface area contributed by atoms with Gasteiger partial charge in [0.15, 0.2) is 0 Å². The summed E-state index contributed by atoms with van der Waals surface area (Å²) in [6, 6.07) is 9.64. The molecule has 5 heteroatoms. The standard InChI is InChI=1S/C14H24N2O2S/c1-4-10-15-11-13(2)19(17,18)16(3)12-14-8-6-5-7-9-14/h5-9,13,15H,4,10-12H2,1-3H3. The molecule has 0 aromatic heterocycles. The van der Waals surface area contributed by atoms with Gasteiger partial charge in [-0.2, -0.15) is 0 Å². The van der Waals surface area contributed by atoms with Gasteiger partial charge in [0, 0.05) is 20.1 Å². The van der Waals surface area contributed by atoms with Crippen molar-refractivity contribution in [1.29, 1.82) is 0 Å². The minimum absolute atomic E-state index is 0.409. The highest BCUT2D eigenvalue weighted by atomic mass is 32.2. The minimum atomic E-state index is -3.25. The Morgan fingerprint density at radius 2 is 1.89 bits per heavy atom. The Bertz CT molecular complexity index is 460. The van der Waals surface area contributed by atoms with Crippen LogP contribution >= 0.6 is 0 Å². The minimum Gasteiger partial charge on any atom is -0.315 e. The van der Waals surface area contributed by atoms with E-state index in [1.807, 2.05) is 30.3 Å². The highest BCUT2D eigenvalue weighted by molar-refractivity contribution is 7.89. The van der Waals surface area contributed by atoms with Gasteiger partial charge in [-0.15, -0.1) is 0 Å². The lowest BCUT2D eigenvalue weighted by molar-refractivity contribution is 0.453. The summed E-state index contributed by atoms with van der Waals surface area (Å²) in [6.45, 7) is 5.58. The maximum Gasteiger partial charge on any atom is 0.218 e. The Morgan fingerprint density at radius 3 is 2.47 bits per heavy atom. The van der Waals surface area contributed by atoms with E-state index in [-0.39, 0.29) is 0 Å². The fraction of sp³-hybridized carbons (Fsp3) is 0.571. The van der Waals surface area contributed by atoms with Crippen LogP contribution in [0.2, 0.25) is 0 Å². The Labute approximate surface area is 116 Å². The molecule has 0 aliphatic heterocycles. The second-order valence-electron chi connectivity index (χ2n) is 4.80. The summed E-state index contributed by atoms with van der Waals surface area (Å²) in [6.07, 6.45) is 1.01. The van der Waals surface area contributed by atoms with E-state index in [1.54, 1.807) is 14.0 Å². The fourth-order valence-electron chi connectivity index (χ4n) is 1.83. The smallest absolute Gasteiger partial charge is 0.218 e. The molecule has 0 fully saturated rings. The van der Waals surface area contributed by atoms with Crippen molar-refractivity contribution in [2.75, 3.05) is 20.1 Å². The molecular weight excluding hydrogens is 260 g/mol. The van der Waals surface area contributed by atoms with Crippen molar-refractivity contribution in [3.8, 4) is 0 Å². The molecule has 0 radical (unpaired) electrons. The van der Waals surface area contributed by atoms with E-state index in [4.69, 9.17) is 0 Å². The van der Waals surface area contributed by atoms with Gasteiger partial charge >= 0.3 is 0 Å². The van der Waals surface area contributed by atoms with Crippen LogP contribution < -0.4 is 5.32 Å². The van der Waals surface area contributed by atoms with Gasteiger partial charge in [-0.1, -0.05) is 37.3 Å². The van der Waals surface area contributed by atoms with Crippen molar-refractivity contribution in [2.24, 2.45) is 0 Å². The summed E-state index contributed by atoms with van der Waals surface area (Å²) in [7, 11) is -1.61. The first kappa shape index (κ1) is 16.1. The highest BCUT2D eigenvalue weighted by Gasteiger charge is 2.25. The maximum absolute atomic E-state index is 12.3. The van der Waals surface area contributed by atoms with Crippen molar-refractivity contribution in [3.05, 3.63) is 35.9 Å². The predicted octanol–water partition coefficient (Wildman–Crippen LogP) is 1.84. The van der Waals surface area contributed by atoms with Crippen molar-refractivity contribution in [2.45, 2.75) is 32.1 Å². The van der Waals surface area contributed by atoms with Crippen LogP contribution in [0.4, 0.5) is 0 Å². The topological polar surface area (TPSA) is 49.4 Å². The molecule has 1 aromatic rings. The van der Waals surface area contributed by atoms with Gasteiger partial charge in [0.05, 0.1) is 5.25 Å². The lowest BCUT2D eigenvalue weighted by atomic mass is 10.2. The second-order valence-corrected chi connectivity index (χ2v) is 7.26. The van der Waals surface area contributed by atoms with E-state index in [9.17, 15) is 8.42 Å². The molecule has 1 unspecified atom stereocenters. The summed E-state index contributed by atoms with van der Waals surface area (Å²) in [5, 5.41) is 2.74. The molecule has 4 nitrogen and oxygen atoms in total. The summed E-state index contributed by atoms with van der Waals surface area (Å²) in [5.41, 5.74) is 1.00. The Hall–Kier alpha value is -0.910. The number of benzene rings is 1.